The molecule has 0 aliphatic carbocycles. The first kappa shape index (κ1) is 17.1. The van der Waals surface area contributed by atoms with Crippen LogP contribution in [0.3, 0.4) is 0 Å². The number of aliphatic hydroxyl groups is 1. The van der Waals surface area contributed by atoms with Crippen molar-refractivity contribution in [3.8, 4) is 0 Å². The van der Waals surface area contributed by atoms with E-state index in [2.05, 4.69) is 19.2 Å². The van der Waals surface area contributed by atoms with Gasteiger partial charge in [0.2, 0.25) is 0 Å². The van der Waals surface area contributed by atoms with Crippen LogP contribution in [0.5, 0.6) is 0 Å². The zero-order chi connectivity index (χ0) is 15.2. The Bertz CT molecular complexity index is 444. The lowest BCUT2D eigenvalue weighted by atomic mass is 9.94. The summed E-state index contributed by atoms with van der Waals surface area (Å²) in [5.74, 6) is 1.16. The highest BCUT2D eigenvalue weighted by molar-refractivity contribution is 7.97. The molecule has 2 N–H and O–H groups in total. The first-order valence-electron chi connectivity index (χ1n) is 6.92. The smallest absolute Gasteiger partial charge is 0.251 e. The Balaban J connectivity index is 2.60. The Kier molecular flexibility index (Phi) is 6.56. The molecule has 0 spiro atoms. The molecule has 1 amide bonds. The van der Waals surface area contributed by atoms with Crippen LogP contribution in [0.25, 0.3) is 0 Å². The second-order valence-corrected chi connectivity index (χ2v) is 6.78. The lowest BCUT2D eigenvalue weighted by Crippen LogP contribution is -2.41. The number of carbonyl (C=O) groups is 1. The average molecular weight is 295 g/mol. The molecular formula is C16H25NO2S. The minimum Gasteiger partial charge on any atom is -0.388 e. The third kappa shape index (κ3) is 5.97. The topological polar surface area (TPSA) is 49.3 Å². The number of amides is 1. The molecule has 20 heavy (non-hydrogen) atoms. The second-order valence-electron chi connectivity index (χ2n) is 5.91. The van der Waals surface area contributed by atoms with Crippen molar-refractivity contribution in [2.24, 2.45) is 5.92 Å². The average Bonchev–Trinajstić information content (AvgIpc) is 2.35. The number of thioether (sulfide) groups is 1. The monoisotopic (exact) mass is 295 g/mol. The summed E-state index contributed by atoms with van der Waals surface area (Å²) in [6.45, 7) is 6.15. The van der Waals surface area contributed by atoms with E-state index >= 15 is 0 Å². The van der Waals surface area contributed by atoms with E-state index in [9.17, 15) is 9.90 Å². The third-order valence-electron chi connectivity index (χ3n) is 2.98. The fourth-order valence-electron chi connectivity index (χ4n) is 2.29. The van der Waals surface area contributed by atoms with Crippen LogP contribution in [0, 0.1) is 5.92 Å². The maximum absolute atomic E-state index is 12.1. The number of hydrogen-bond donors (Lipinski definition) is 2. The predicted molar refractivity (Wildman–Crippen MR) is 86.1 cm³/mol. The van der Waals surface area contributed by atoms with Crippen LogP contribution in [0.4, 0.5) is 0 Å². The summed E-state index contributed by atoms with van der Waals surface area (Å²) in [7, 11) is 0. The highest BCUT2D eigenvalue weighted by Crippen LogP contribution is 2.16. The largest absolute Gasteiger partial charge is 0.388 e. The van der Waals surface area contributed by atoms with Crippen molar-refractivity contribution in [3.63, 3.8) is 0 Å². The van der Waals surface area contributed by atoms with E-state index in [0.717, 1.165) is 11.3 Å². The van der Waals surface area contributed by atoms with Crippen LogP contribution < -0.4 is 5.32 Å². The molecule has 0 aliphatic rings. The lowest BCUT2D eigenvalue weighted by Gasteiger charge is -2.25. The van der Waals surface area contributed by atoms with Gasteiger partial charge in [0.15, 0.2) is 0 Å². The quantitative estimate of drug-likeness (QED) is 0.813. The van der Waals surface area contributed by atoms with E-state index in [-0.39, 0.29) is 12.5 Å². The SMILES string of the molecule is CSCc1cccc(C(=O)NCC(C)(O)CC(C)C)c1. The van der Waals surface area contributed by atoms with Crippen molar-refractivity contribution in [3.05, 3.63) is 35.4 Å². The van der Waals surface area contributed by atoms with Crippen LogP contribution in [-0.2, 0) is 5.75 Å². The van der Waals surface area contributed by atoms with Crippen LogP contribution >= 0.6 is 11.8 Å². The fourth-order valence-corrected chi connectivity index (χ4v) is 2.81. The fraction of sp³-hybridized carbons (Fsp3) is 0.562. The van der Waals surface area contributed by atoms with Gasteiger partial charge in [-0.3, -0.25) is 4.79 Å². The Labute approximate surface area is 126 Å². The molecule has 0 aromatic heterocycles. The summed E-state index contributed by atoms with van der Waals surface area (Å²) >= 11 is 1.73. The van der Waals surface area contributed by atoms with Gasteiger partial charge in [0.1, 0.15) is 0 Å². The summed E-state index contributed by atoms with van der Waals surface area (Å²) in [4.78, 5) is 12.1. The van der Waals surface area contributed by atoms with E-state index in [4.69, 9.17) is 0 Å². The molecule has 0 saturated carbocycles. The Morgan fingerprint density at radius 2 is 2.15 bits per heavy atom. The highest BCUT2D eigenvalue weighted by Gasteiger charge is 2.22. The van der Waals surface area contributed by atoms with Gasteiger partial charge in [0, 0.05) is 17.9 Å². The molecule has 4 heteroatoms. The van der Waals surface area contributed by atoms with E-state index in [0.29, 0.717) is 17.9 Å². The molecule has 112 valence electrons. The molecule has 1 rings (SSSR count). The summed E-state index contributed by atoms with van der Waals surface area (Å²) in [5.41, 5.74) is 0.928. The first-order valence-corrected chi connectivity index (χ1v) is 8.32. The molecule has 0 saturated heterocycles. The number of rotatable bonds is 7. The van der Waals surface area contributed by atoms with E-state index in [1.807, 2.05) is 24.5 Å². The van der Waals surface area contributed by atoms with Gasteiger partial charge in [-0.15, -0.1) is 0 Å². The van der Waals surface area contributed by atoms with Gasteiger partial charge >= 0.3 is 0 Å². The maximum atomic E-state index is 12.1. The van der Waals surface area contributed by atoms with Crippen molar-refractivity contribution < 1.29 is 9.90 Å². The number of benzene rings is 1. The van der Waals surface area contributed by atoms with E-state index < -0.39 is 5.60 Å². The van der Waals surface area contributed by atoms with Gasteiger partial charge in [-0.1, -0.05) is 26.0 Å². The van der Waals surface area contributed by atoms with Gasteiger partial charge in [-0.05, 0) is 43.2 Å². The molecule has 1 atom stereocenters. The third-order valence-corrected chi connectivity index (χ3v) is 3.60. The molecule has 3 nitrogen and oxygen atoms in total. The van der Waals surface area contributed by atoms with Gasteiger partial charge in [-0.25, -0.2) is 0 Å². The first-order chi connectivity index (χ1) is 9.34. The lowest BCUT2D eigenvalue weighted by molar-refractivity contribution is 0.0368. The molecule has 0 heterocycles. The normalized spacial score (nSPS) is 14.1. The summed E-state index contributed by atoms with van der Waals surface area (Å²) in [6, 6.07) is 7.62. The molecular weight excluding hydrogens is 270 g/mol. The molecule has 1 unspecified atom stereocenters. The summed E-state index contributed by atoms with van der Waals surface area (Å²) in [6.07, 6.45) is 2.70. The van der Waals surface area contributed by atoms with Gasteiger partial charge < -0.3 is 10.4 Å². The van der Waals surface area contributed by atoms with Crippen LogP contribution in [0.2, 0.25) is 0 Å². The van der Waals surface area contributed by atoms with Crippen molar-refractivity contribution in [1.29, 1.82) is 0 Å². The Morgan fingerprint density at radius 3 is 2.75 bits per heavy atom. The number of nitrogens with one attached hydrogen (secondary N) is 1. The Morgan fingerprint density at radius 1 is 1.45 bits per heavy atom. The summed E-state index contributed by atoms with van der Waals surface area (Å²) in [5, 5.41) is 13.0. The standard InChI is InChI=1S/C16H25NO2S/c1-12(2)9-16(3,19)11-17-15(18)14-7-5-6-13(8-14)10-20-4/h5-8,12,19H,9-11H2,1-4H3,(H,17,18). The van der Waals surface area contributed by atoms with Crippen molar-refractivity contribution in [2.45, 2.75) is 38.5 Å². The van der Waals surface area contributed by atoms with Gasteiger partial charge in [0.05, 0.1) is 5.60 Å². The molecule has 0 fully saturated rings. The molecule has 0 radical (unpaired) electrons. The van der Waals surface area contributed by atoms with E-state index in [1.165, 1.54) is 0 Å². The zero-order valence-corrected chi connectivity index (χ0v) is 13.6. The van der Waals surface area contributed by atoms with E-state index in [1.54, 1.807) is 24.8 Å². The van der Waals surface area contributed by atoms with Gasteiger partial charge in [0.25, 0.3) is 5.91 Å². The van der Waals surface area contributed by atoms with Crippen LogP contribution in [-0.4, -0.2) is 29.4 Å². The minimum absolute atomic E-state index is 0.128. The van der Waals surface area contributed by atoms with Crippen LogP contribution in [0.1, 0.15) is 43.1 Å². The highest BCUT2D eigenvalue weighted by atomic mass is 32.2. The minimum atomic E-state index is -0.860. The van der Waals surface area contributed by atoms with Crippen molar-refractivity contribution in [2.75, 3.05) is 12.8 Å². The Hall–Kier alpha value is -1.00. The molecule has 1 aromatic carbocycles. The molecule has 0 bridgehead atoms. The number of carbonyl (C=O) groups excluding carboxylic acids is 1. The maximum Gasteiger partial charge on any atom is 0.251 e. The predicted octanol–water partition coefficient (Wildman–Crippen LogP) is 3.08. The van der Waals surface area contributed by atoms with Gasteiger partial charge in [-0.2, -0.15) is 11.8 Å². The second kappa shape index (κ2) is 7.70. The van der Waals surface area contributed by atoms with Crippen molar-refractivity contribution in [1.82, 2.24) is 5.32 Å². The number of hydrogen-bond acceptors (Lipinski definition) is 3. The molecule has 1 aromatic rings. The van der Waals surface area contributed by atoms with Crippen LogP contribution in [0.15, 0.2) is 24.3 Å². The van der Waals surface area contributed by atoms with Crippen molar-refractivity contribution >= 4 is 17.7 Å². The summed E-state index contributed by atoms with van der Waals surface area (Å²) < 4.78 is 0. The zero-order valence-electron chi connectivity index (χ0n) is 12.8. The molecule has 0 aliphatic heterocycles.